The molecule has 0 spiro atoms. The second kappa shape index (κ2) is 7.65. The number of piperidine rings is 1. The largest absolute Gasteiger partial charge is 0.497 e. The molecule has 4 nitrogen and oxygen atoms in total. The highest BCUT2D eigenvalue weighted by molar-refractivity contribution is 5.27. The van der Waals surface area contributed by atoms with Crippen LogP contribution in [-0.2, 0) is 11.3 Å². The molecule has 3 rings (SSSR count). The van der Waals surface area contributed by atoms with Gasteiger partial charge in [0.15, 0.2) is 0 Å². The maximum Gasteiger partial charge on any atom is 0.118 e. The van der Waals surface area contributed by atoms with Gasteiger partial charge in [-0.05, 0) is 57.5 Å². The van der Waals surface area contributed by atoms with Crippen molar-refractivity contribution in [3.8, 4) is 5.75 Å². The van der Waals surface area contributed by atoms with Crippen LogP contribution in [0, 0.1) is 0 Å². The molecule has 2 heterocycles. The van der Waals surface area contributed by atoms with Gasteiger partial charge in [0, 0.05) is 25.7 Å². The first kappa shape index (κ1) is 16.7. The lowest BCUT2D eigenvalue weighted by Crippen LogP contribution is -2.53. The van der Waals surface area contributed by atoms with Crippen LogP contribution >= 0.6 is 0 Å². The lowest BCUT2D eigenvalue weighted by molar-refractivity contribution is -0.0865. The molecule has 0 aliphatic carbocycles. The van der Waals surface area contributed by atoms with E-state index in [1.165, 1.54) is 31.5 Å². The van der Waals surface area contributed by atoms with Gasteiger partial charge in [0.05, 0.1) is 19.3 Å². The van der Waals surface area contributed by atoms with Gasteiger partial charge in [-0.2, -0.15) is 0 Å². The Morgan fingerprint density at radius 1 is 1.04 bits per heavy atom. The van der Waals surface area contributed by atoms with Crippen molar-refractivity contribution in [2.24, 2.45) is 0 Å². The minimum Gasteiger partial charge on any atom is -0.497 e. The van der Waals surface area contributed by atoms with E-state index in [2.05, 4.69) is 47.9 Å². The molecule has 2 aliphatic heterocycles. The van der Waals surface area contributed by atoms with E-state index < -0.39 is 0 Å². The SMILES string of the molecule is COc1ccc(CN2CCC(N3C[C@@H](C)O[C@H](C)C3)CC2)cc1. The Morgan fingerprint density at radius 3 is 2.22 bits per heavy atom. The van der Waals surface area contributed by atoms with E-state index in [4.69, 9.17) is 9.47 Å². The van der Waals surface area contributed by atoms with Crippen molar-refractivity contribution in [1.29, 1.82) is 0 Å². The molecular formula is C19H30N2O2. The molecule has 0 saturated carbocycles. The monoisotopic (exact) mass is 318 g/mol. The summed E-state index contributed by atoms with van der Waals surface area (Å²) < 4.78 is 11.1. The number of nitrogens with zero attached hydrogens (tertiary/aromatic N) is 2. The number of likely N-dealkylation sites (tertiary alicyclic amines) is 1. The van der Waals surface area contributed by atoms with E-state index in [0.717, 1.165) is 31.4 Å². The molecule has 2 aliphatic rings. The molecule has 0 amide bonds. The van der Waals surface area contributed by atoms with Gasteiger partial charge < -0.3 is 9.47 Å². The van der Waals surface area contributed by atoms with Gasteiger partial charge in [0.25, 0.3) is 0 Å². The van der Waals surface area contributed by atoms with Gasteiger partial charge in [0.1, 0.15) is 5.75 Å². The van der Waals surface area contributed by atoms with Crippen LogP contribution in [0.2, 0.25) is 0 Å². The fourth-order valence-electron chi connectivity index (χ4n) is 3.95. The highest BCUT2D eigenvalue weighted by atomic mass is 16.5. The first-order valence-electron chi connectivity index (χ1n) is 8.89. The summed E-state index contributed by atoms with van der Waals surface area (Å²) in [7, 11) is 1.72. The fraction of sp³-hybridized carbons (Fsp3) is 0.684. The van der Waals surface area contributed by atoms with Crippen molar-refractivity contribution in [3.63, 3.8) is 0 Å². The van der Waals surface area contributed by atoms with Crippen molar-refractivity contribution in [2.45, 2.75) is 51.5 Å². The van der Waals surface area contributed by atoms with Crippen LogP contribution in [0.4, 0.5) is 0 Å². The summed E-state index contributed by atoms with van der Waals surface area (Å²) in [4.78, 5) is 5.23. The Balaban J connectivity index is 1.48. The van der Waals surface area contributed by atoms with Crippen molar-refractivity contribution in [3.05, 3.63) is 29.8 Å². The third-order valence-electron chi connectivity index (χ3n) is 5.09. The summed E-state index contributed by atoms with van der Waals surface area (Å²) in [5, 5.41) is 0. The molecule has 1 aromatic carbocycles. The van der Waals surface area contributed by atoms with Gasteiger partial charge in [0.2, 0.25) is 0 Å². The highest BCUT2D eigenvalue weighted by Crippen LogP contribution is 2.22. The van der Waals surface area contributed by atoms with Crippen LogP contribution in [0.5, 0.6) is 5.75 Å². The smallest absolute Gasteiger partial charge is 0.118 e. The van der Waals surface area contributed by atoms with Gasteiger partial charge in [-0.1, -0.05) is 12.1 Å². The first-order valence-corrected chi connectivity index (χ1v) is 8.89. The van der Waals surface area contributed by atoms with Gasteiger partial charge in [-0.25, -0.2) is 0 Å². The summed E-state index contributed by atoms with van der Waals surface area (Å²) >= 11 is 0. The predicted molar refractivity (Wildman–Crippen MR) is 92.9 cm³/mol. The predicted octanol–water partition coefficient (Wildman–Crippen LogP) is 2.77. The van der Waals surface area contributed by atoms with Crippen LogP contribution in [0.15, 0.2) is 24.3 Å². The number of hydrogen-bond acceptors (Lipinski definition) is 4. The van der Waals surface area contributed by atoms with Gasteiger partial charge >= 0.3 is 0 Å². The molecule has 0 N–H and O–H groups in total. The third-order valence-corrected chi connectivity index (χ3v) is 5.09. The van der Waals surface area contributed by atoms with E-state index in [1.807, 2.05) is 0 Å². The number of methoxy groups -OCH3 is 1. The molecule has 2 fully saturated rings. The lowest BCUT2D eigenvalue weighted by atomic mass is 10.0. The van der Waals surface area contributed by atoms with Crippen molar-refractivity contribution in [1.82, 2.24) is 9.80 Å². The first-order chi connectivity index (χ1) is 11.1. The van der Waals surface area contributed by atoms with E-state index in [0.29, 0.717) is 12.2 Å². The Labute approximate surface area is 140 Å². The van der Waals surface area contributed by atoms with E-state index in [-0.39, 0.29) is 0 Å². The van der Waals surface area contributed by atoms with Crippen LogP contribution < -0.4 is 4.74 Å². The summed E-state index contributed by atoms with van der Waals surface area (Å²) in [6, 6.07) is 9.19. The molecule has 0 unspecified atom stereocenters. The zero-order valence-electron chi connectivity index (χ0n) is 14.7. The quantitative estimate of drug-likeness (QED) is 0.852. The number of rotatable bonds is 4. The molecule has 128 valence electrons. The second-order valence-corrected chi connectivity index (χ2v) is 7.07. The average Bonchev–Trinajstić information content (AvgIpc) is 2.55. The molecule has 23 heavy (non-hydrogen) atoms. The molecular weight excluding hydrogens is 288 g/mol. The molecule has 4 heteroatoms. The summed E-state index contributed by atoms with van der Waals surface area (Å²) in [5.74, 6) is 0.933. The van der Waals surface area contributed by atoms with Crippen LogP contribution in [-0.4, -0.2) is 61.3 Å². The van der Waals surface area contributed by atoms with Crippen LogP contribution in [0.1, 0.15) is 32.3 Å². The number of morpholine rings is 1. The number of benzene rings is 1. The molecule has 2 atom stereocenters. The molecule has 0 radical (unpaired) electrons. The summed E-state index contributed by atoms with van der Waals surface area (Å²) in [6.07, 6.45) is 3.29. The maximum absolute atomic E-state index is 5.86. The minimum atomic E-state index is 0.371. The Kier molecular flexibility index (Phi) is 5.57. The Hall–Kier alpha value is -1.10. The normalized spacial score (nSPS) is 28.0. The molecule has 0 bridgehead atoms. The Morgan fingerprint density at radius 2 is 1.65 bits per heavy atom. The second-order valence-electron chi connectivity index (χ2n) is 7.07. The average molecular weight is 318 g/mol. The van der Waals surface area contributed by atoms with Crippen molar-refractivity contribution in [2.75, 3.05) is 33.3 Å². The van der Waals surface area contributed by atoms with Crippen LogP contribution in [0.3, 0.4) is 0 Å². The molecule has 2 saturated heterocycles. The van der Waals surface area contributed by atoms with Crippen molar-refractivity contribution < 1.29 is 9.47 Å². The van der Waals surface area contributed by atoms with Crippen LogP contribution in [0.25, 0.3) is 0 Å². The van der Waals surface area contributed by atoms with Gasteiger partial charge in [-0.15, -0.1) is 0 Å². The zero-order chi connectivity index (χ0) is 16.2. The van der Waals surface area contributed by atoms with Gasteiger partial charge in [-0.3, -0.25) is 9.80 Å². The minimum absolute atomic E-state index is 0.371. The van der Waals surface area contributed by atoms with E-state index in [1.54, 1.807) is 7.11 Å². The highest BCUT2D eigenvalue weighted by Gasteiger charge is 2.30. The maximum atomic E-state index is 5.86. The van der Waals surface area contributed by atoms with E-state index in [9.17, 15) is 0 Å². The van der Waals surface area contributed by atoms with E-state index >= 15 is 0 Å². The lowest BCUT2D eigenvalue weighted by Gasteiger charge is -2.43. The third kappa shape index (κ3) is 4.46. The molecule has 0 aromatic heterocycles. The standard InChI is InChI=1S/C19H30N2O2/c1-15-12-21(13-16(2)23-15)18-8-10-20(11-9-18)14-17-4-6-19(22-3)7-5-17/h4-7,15-16,18H,8-14H2,1-3H3/t15-,16-/m1/s1. The fourth-order valence-corrected chi connectivity index (χ4v) is 3.95. The number of hydrogen-bond donors (Lipinski definition) is 0. The van der Waals surface area contributed by atoms with Crippen molar-refractivity contribution >= 4 is 0 Å². The Bertz CT molecular complexity index is 473. The zero-order valence-corrected chi connectivity index (χ0v) is 14.7. The molecule has 1 aromatic rings. The summed E-state index contributed by atoms with van der Waals surface area (Å²) in [6.45, 7) is 10.0. The topological polar surface area (TPSA) is 24.9 Å². The number of ether oxygens (including phenoxy) is 2. The summed E-state index contributed by atoms with van der Waals surface area (Å²) in [5.41, 5.74) is 1.37.